The molecule has 0 radical (unpaired) electrons. The van der Waals surface area contributed by atoms with Gasteiger partial charge >= 0.3 is 0 Å². The smallest absolute Gasteiger partial charge is 0.182 e. The monoisotopic (exact) mass is 296 g/mol. The van der Waals surface area contributed by atoms with E-state index >= 15 is 0 Å². The summed E-state index contributed by atoms with van der Waals surface area (Å²) in [5.41, 5.74) is 2.66. The molecule has 2 N–H and O–H groups in total. The second-order valence-electron chi connectivity index (χ2n) is 5.59. The highest BCUT2D eigenvalue weighted by molar-refractivity contribution is 5.82. The Morgan fingerprint density at radius 1 is 1.18 bits per heavy atom. The summed E-state index contributed by atoms with van der Waals surface area (Å²) in [4.78, 5) is 21.8. The Balaban J connectivity index is 1.57. The number of H-pyrrole nitrogens is 1. The van der Waals surface area contributed by atoms with Gasteiger partial charge in [-0.2, -0.15) is 0 Å². The number of anilines is 1. The van der Waals surface area contributed by atoms with E-state index in [1.165, 1.54) is 11.9 Å². The molecule has 22 heavy (non-hydrogen) atoms. The van der Waals surface area contributed by atoms with Gasteiger partial charge in [-0.05, 0) is 24.1 Å². The van der Waals surface area contributed by atoms with Crippen LogP contribution in [-0.4, -0.2) is 49.2 Å². The number of β-amino-alcohol motifs (C(OH)–C–C–N with tert-alkyl or cyclic N) is 1. The summed E-state index contributed by atoms with van der Waals surface area (Å²) in [6.45, 7) is 1.33. The van der Waals surface area contributed by atoms with E-state index in [0.717, 1.165) is 24.3 Å². The van der Waals surface area contributed by atoms with Crippen molar-refractivity contribution in [2.75, 3.05) is 18.0 Å². The van der Waals surface area contributed by atoms with Crippen LogP contribution in [0, 0.1) is 5.92 Å². The largest absolute Gasteiger partial charge is 0.391 e. The van der Waals surface area contributed by atoms with Crippen LogP contribution in [0.1, 0.15) is 5.56 Å². The molecule has 0 aliphatic carbocycles. The number of aromatic amines is 1. The lowest BCUT2D eigenvalue weighted by atomic mass is 9.97. The zero-order chi connectivity index (χ0) is 14.9. The van der Waals surface area contributed by atoms with Crippen molar-refractivity contribution in [3.05, 3.63) is 42.7 Å². The van der Waals surface area contributed by atoms with Crippen LogP contribution in [0.2, 0.25) is 0 Å². The quantitative estimate of drug-likeness (QED) is 0.742. The summed E-state index contributed by atoms with van der Waals surface area (Å²) in [5.74, 6) is 0.981. The van der Waals surface area contributed by atoms with Gasteiger partial charge in [-0.15, -0.1) is 0 Å². The molecule has 1 aliphatic heterocycles. The Bertz CT molecular complexity index is 774. The van der Waals surface area contributed by atoms with Crippen molar-refractivity contribution >= 4 is 17.0 Å². The maximum Gasteiger partial charge on any atom is 0.182 e. The number of pyridine rings is 1. The van der Waals surface area contributed by atoms with Crippen LogP contribution in [-0.2, 0) is 6.42 Å². The molecule has 0 amide bonds. The van der Waals surface area contributed by atoms with Gasteiger partial charge in [0.2, 0.25) is 0 Å². The first-order chi connectivity index (χ1) is 10.8. The lowest BCUT2D eigenvalue weighted by Gasteiger charge is -2.17. The number of aliphatic hydroxyl groups excluding tert-OH is 1. The van der Waals surface area contributed by atoms with Crippen LogP contribution in [0.5, 0.6) is 0 Å². The van der Waals surface area contributed by atoms with Crippen molar-refractivity contribution in [2.24, 2.45) is 5.92 Å². The fourth-order valence-electron chi connectivity index (χ4n) is 3.04. The highest BCUT2D eigenvalue weighted by Gasteiger charge is 2.33. The number of hydrogen-bond acceptors (Lipinski definition) is 6. The second-order valence-corrected chi connectivity index (χ2v) is 5.59. The normalized spacial score (nSPS) is 21.6. The Morgan fingerprint density at radius 2 is 2.05 bits per heavy atom. The van der Waals surface area contributed by atoms with E-state index in [9.17, 15) is 5.11 Å². The zero-order valence-electron chi connectivity index (χ0n) is 11.9. The van der Waals surface area contributed by atoms with Crippen molar-refractivity contribution in [1.29, 1.82) is 0 Å². The lowest BCUT2D eigenvalue weighted by molar-refractivity contribution is 0.148. The van der Waals surface area contributed by atoms with E-state index < -0.39 is 0 Å². The minimum atomic E-state index is -0.374. The molecule has 7 heteroatoms. The van der Waals surface area contributed by atoms with Gasteiger partial charge in [0.25, 0.3) is 0 Å². The first-order valence-electron chi connectivity index (χ1n) is 7.27. The predicted octanol–water partition coefficient (Wildman–Crippen LogP) is 0.788. The van der Waals surface area contributed by atoms with Crippen LogP contribution >= 0.6 is 0 Å². The molecule has 1 fully saturated rings. The van der Waals surface area contributed by atoms with Gasteiger partial charge in [0.15, 0.2) is 11.5 Å². The zero-order valence-corrected chi connectivity index (χ0v) is 11.9. The maximum absolute atomic E-state index is 10.4. The Morgan fingerprint density at radius 3 is 2.91 bits per heavy atom. The summed E-state index contributed by atoms with van der Waals surface area (Å²) in [5, 5.41) is 10.4. The number of imidazole rings is 1. The molecule has 0 bridgehead atoms. The average molecular weight is 296 g/mol. The van der Waals surface area contributed by atoms with Gasteiger partial charge in [0.1, 0.15) is 11.8 Å². The van der Waals surface area contributed by atoms with Crippen LogP contribution in [0.15, 0.2) is 37.2 Å². The van der Waals surface area contributed by atoms with Gasteiger partial charge in [-0.3, -0.25) is 4.98 Å². The lowest BCUT2D eigenvalue weighted by Crippen LogP contribution is -2.22. The number of rotatable bonds is 3. The third-order valence-corrected chi connectivity index (χ3v) is 4.16. The Kier molecular flexibility index (Phi) is 3.19. The summed E-state index contributed by atoms with van der Waals surface area (Å²) < 4.78 is 0. The first kappa shape index (κ1) is 13.1. The third kappa shape index (κ3) is 2.29. The fraction of sp³-hybridized carbons (Fsp3) is 0.333. The van der Waals surface area contributed by atoms with Gasteiger partial charge in [0.05, 0.1) is 12.4 Å². The van der Waals surface area contributed by atoms with Crippen LogP contribution in [0.3, 0.4) is 0 Å². The molecule has 0 unspecified atom stereocenters. The molecule has 0 spiro atoms. The summed E-state index contributed by atoms with van der Waals surface area (Å²) in [7, 11) is 0. The molecule has 3 aromatic heterocycles. The van der Waals surface area contributed by atoms with Crippen LogP contribution < -0.4 is 4.90 Å². The number of hydrogen-bond donors (Lipinski definition) is 2. The topological polar surface area (TPSA) is 90.8 Å². The molecule has 4 rings (SSSR count). The molecule has 0 aromatic carbocycles. The van der Waals surface area contributed by atoms with Crippen molar-refractivity contribution in [3.8, 4) is 0 Å². The summed E-state index contributed by atoms with van der Waals surface area (Å²) >= 11 is 0. The number of nitrogens with zero attached hydrogens (tertiary/aromatic N) is 5. The third-order valence-electron chi connectivity index (χ3n) is 4.16. The molecule has 2 atom stereocenters. The number of aromatic nitrogens is 5. The molecular weight excluding hydrogens is 280 g/mol. The van der Waals surface area contributed by atoms with E-state index in [1.807, 2.05) is 12.1 Å². The molecule has 3 aromatic rings. The average Bonchev–Trinajstić information content (AvgIpc) is 3.15. The minimum Gasteiger partial charge on any atom is -0.391 e. The number of nitrogens with one attached hydrogen (secondary N) is 1. The van der Waals surface area contributed by atoms with Gasteiger partial charge in [-0.25, -0.2) is 15.0 Å². The summed E-state index contributed by atoms with van der Waals surface area (Å²) in [6.07, 6.45) is 7.16. The van der Waals surface area contributed by atoms with Gasteiger partial charge in [0, 0.05) is 31.4 Å². The molecule has 112 valence electrons. The highest BCUT2D eigenvalue weighted by atomic mass is 16.3. The molecule has 1 saturated heterocycles. The van der Waals surface area contributed by atoms with E-state index in [-0.39, 0.29) is 12.0 Å². The van der Waals surface area contributed by atoms with Crippen molar-refractivity contribution in [1.82, 2.24) is 24.9 Å². The van der Waals surface area contributed by atoms with E-state index in [4.69, 9.17) is 0 Å². The van der Waals surface area contributed by atoms with Gasteiger partial charge in [-0.1, -0.05) is 0 Å². The molecule has 7 nitrogen and oxygen atoms in total. The Labute approximate surface area is 127 Å². The molecule has 4 heterocycles. The van der Waals surface area contributed by atoms with Crippen molar-refractivity contribution < 1.29 is 5.11 Å². The van der Waals surface area contributed by atoms with Crippen molar-refractivity contribution in [2.45, 2.75) is 12.5 Å². The first-order valence-corrected chi connectivity index (χ1v) is 7.27. The van der Waals surface area contributed by atoms with Gasteiger partial charge < -0.3 is 15.0 Å². The van der Waals surface area contributed by atoms with E-state index in [2.05, 4.69) is 29.8 Å². The number of fused-ring (bicyclic) bond motifs is 1. The standard InChI is InChI=1S/C15H16N6O/c22-12-7-21(6-11(12)5-10-1-3-16-4-2-10)15-13-14(18-8-17-13)19-9-20-15/h1-4,8-9,11-12,22H,5-7H2,(H,17,18,19,20)/t11-,12+/m1/s1. The molecular formula is C15H16N6O. The summed E-state index contributed by atoms with van der Waals surface area (Å²) in [6, 6.07) is 3.99. The minimum absolute atomic E-state index is 0.176. The SMILES string of the molecule is O[C@H]1CN(c2ncnc3nc[nH]c23)C[C@H]1Cc1ccncc1. The fourth-order valence-corrected chi connectivity index (χ4v) is 3.04. The van der Waals surface area contributed by atoms with E-state index in [1.54, 1.807) is 18.7 Å². The Hall–Kier alpha value is -2.54. The van der Waals surface area contributed by atoms with Crippen molar-refractivity contribution in [3.63, 3.8) is 0 Å². The predicted molar refractivity (Wildman–Crippen MR) is 81.3 cm³/mol. The van der Waals surface area contributed by atoms with Crippen LogP contribution in [0.25, 0.3) is 11.2 Å². The highest BCUT2D eigenvalue weighted by Crippen LogP contribution is 2.28. The second kappa shape index (κ2) is 5.34. The van der Waals surface area contributed by atoms with Crippen LogP contribution in [0.4, 0.5) is 5.82 Å². The number of aliphatic hydroxyl groups is 1. The maximum atomic E-state index is 10.4. The molecule has 1 aliphatic rings. The van der Waals surface area contributed by atoms with E-state index in [0.29, 0.717) is 12.2 Å². The molecule has 0 saturated carbocycles.